The molecule has 2 aromatic carbocycles. The van der Waals surface area contributed by atoms with Gasteiger partial charge in [0.25, 0.3) is 11.8 Å². The molecule has 0 fully saturated rings. The van der Waals surface area contributed by atoms with E-state index < -0.39 is 0 Å². The summed E-state index contributed by atoms with van der Waals surface area (Å²) in [5, 5.41) is 3.20. The third-order valence-electron chi connectivity index (χ3n) is 5.23. The van der Waals surface area contributed by atoms with E-state index in [1.807, 2.05) is 69.3 Å². The first-order valence-electron chi connectivity index (χ1n) is 11.3. The molecule has 0 saturated carbocycles. The van der Waals surface area contributed by atoms with Crippen molar-refractivity contribution in [2.75, 3.05) is 25.1 Å². The molecule has 1 N–H and O–H groups in total. The molecular weight excluding hydrogens is 404 g/mol. The highest BCUT2D eigenvalue weighted by Crippen LogP contribution is 2.31. The predicted molar refractivity (Wildman–Crippen MR) is 126 cm³/mol. The Hall–Kier alpha value is -3.12. The van der Waals surface area contributed by atoms with Gasteiger partial charge in [0.15, 0.2) is 0 Å². The summed E-state index contributed by atoms with van der Waals surface area (Å²) in [5.74, 6) is 0.111. The maximum Gasteiger partial charge on any atom is 0.278 e. The van der Waals surface area contributed by atoms with E-state index in [2.05, 4.69) is 12.2 Å². The first-order valence-corrected chi connectivity index (χ1v) is 11.3. The summed E-state index contributed by atoms with van der Waals surface area (Å²) < 4.78 is 11.1. The van der Waals surface area contributed by atoms with Crippen LogP contribution in [0.3, 0.4) is 0 Å². The van der Waals surface area contributed by atoms with Crippen LogP contribution in [0.1, 0.15) is 45.2 Å². The van der Waals surface area contributed by atoms with Gasteiger partial charge in [0.1, 0.15) is 11.4 Å². The molecule has 0 aromatic heterocycles. The Bertz CT molecular complexity index is 962. The van der Waals surface area contributed by atoms with Gasteiger partial charge in [-0.3, -0.25) is 14.5 Å². The van der Waals surface area contributed by atoms with Crippen molar-refractivity contribution in [3.63, 3.8) is 0 Å². The molecule has 2 amide bonds. The third kappa shape index (κ3) is 5.56. The predicted octanol–water partition coefficient (Wildman–Crippen LogP) is 4.65. The quantitative estimate of drug-likeness (QED) is 0.410. The number of ether oxygens (including phenoxy) is 2. The zero-order valence-corrected chi connectivity index (χ0v) is 19.3. The van der Waals surface area contributed by atoms with Crippen LogP contribution in [0.5, 0.6) is 5.75 Å². The molecule has 3 rings (SSSR count). The zero-order valence-electron chi connectivity index (χ0n) is 19.3. The fourth-order valence-electron chi connectivity index (χ4n) is 3.56. The summed E-state index contributed by atoms with van der Waals surface area (Å²) in [6.45, 7) is 9.30. The fourth-order valence-corrected chi connectivity index (χ4v) is 3.56. The molecule has 1 aliphatic heterocycles. The van der Waals surface area contributed by atoms with Gasteiger partial charge >= 0.3 is 0 Å². The monoisotopic (exact) mass is 436 g/mol. The summed E-state index contributed by atoms with van der Waals surface area (Å²) >= 11 is 0. The average Bonchev–Trinajstić information content (AvgIpc) is 3.02. The fraction of sp³-hybridized carbons (Fsp3) is 0.385. The summed E-state index contributed by atoms with van der Waals surface area (Å²) in [6.07, 6.45) is 1.63. The van der Waals surface area contributed by atoms with Crippen LogP contribution < -0.4 is 10.1 Å². The molecule has 6 nitrogen and oxygen atoms in total. The van der Waals surface area contributed by atoms with Crippen LogP contribution in [-0.4, -0.2) is 42.6 Å². The minimum Gasteiger partial charge on any atom is -0.494 e. The van der Waals surface area contributed by atoms with Crippen LogP contribution in [0.4, 0.5) is 5.69 Å². The molecular formula is C26H32N2O4. The molecule has 0 atom stereocenters. The average molecular weight is 437 g/mol. The first kappa shape index (κ1) is 23.5. The number of benzene rings is 2. The molecule has 1 heterocycles. The van der Waals surface area contributed by atoms with E-state index in [4.69, 9.17) is 9.47 Å². The Labute approximate surface area is 190 Å². The zero-order chi connectivity index (χ0) is 23.1. The Morgan fingerprint density at radius 1 is 0.938 bits per heavy atom. The maximum absolute atomic E-state index is 13.3. The van der Waals surface area contributed by atoms with Crippen molar-refractivity contribution in [3.05, 3.63) is 65.4 Å². The molecule has 1 aliphatic rings. The lowest BCUT2D eigenvalue weighted by Gasteiger charge is -2.16. The van der Waals surface area contributed by atoms with Crippen molar-refractivity contribution >= 4 is 23.1 Å². The molecule has 0 aliphatic carbocycles. The largest absolute Gasteiger partial charge is 0.494 e. The van der Waals surface area contributed by atoms with Gasteiger partial charge < -0.3 is 14.8 Å². The van der Waals surface area contributed by atoms with Gasteiger partial charge in [-0.05, 0) is 69.0 Å². The molecule has 0 unspecified atom stereocenters. The van der Waals surface area contributed by atoms with Crippen LogP contribution in [0.2, 0.25) is 0 Å². The molecule has 0 radical (unpaired) electrons. The Kier molecular flexibility index (Phi) is 8.06. The van der Waals surface area contributed by atoms with Crippen LogP contribution >= 0.6 is 0 Å². The van der Waals surface area contributed by atoms with Crippen molar-refractivity contribution in [2.24, 2.45) is 0 Å². The highest BCUT2D eigenvalue weighted by molar-refractivity contribution is 6.36. The topological polar surface area (TPSA) is 67.9 Å². The number of imide groups is 1. The Morgan fingerprint density at radius 3 is 2.22 bits per heavy atom. The standard InChI is InChI=1S/C26H32N2O4/c1-5-19-8-12-21(13-9-19)27-24-23(20-10-14-22(15-11-20)31-6-2)25(29)28(26(24)30)16-7-17-32-18(3)4/h8-15,18,27H,5-7,16-17H2,1-4H3. The molecule has 170 valence electrons. The smallest absolute Gasteiger partial charge is 0.278 e. The summed E-state index contributed by atoms with van der Waals surface area (Å²) in [5.41, 5.74) is 3.33. The van der Waals surface area contributed by atoms with Crippen LogP contribution in [-0.2, 0) is 20.7 Å². The van der Waals surface area contributed by atoms with Gasteiger partial charge in [-0.15, -0.1) is 0 Å². The second-order valence-corrected chi connectivity index (χ2v) is 7.92. The summed E-state index contributed by atoms with van der Waals surface area (Å²) in [4.78, 5) is 27.8. The number of nitrogens with one attached hydrogen (secondary N) is 1. The van der Waals surface area contributed by atoms with E-state index in [9.17, 15) is 9.59 Å². The minimum absolute atomic E-state index is 0.112. The van der Waals surface area contributed by atoms with Crippen LogP contribution in [0, 0.1) is 0 Å². The summed E-state index contributed by atoms with van der Waals surface area (Å²) in [6, 6.07) is 15.2. The number of carbonyl (C=O) groups is 2. The van der Waals surface area contributed by atoms with Crippen LogP contribution in [0.15, 0.2) is 54.2 Å². The summed E-state index contributed by atoms with van der Waals surface area (Å²) in [7, 11) is 0. The molecule has 6 heteroatoms. The van der Waals surface area contributed by atoms with E-state index >= 15 is 0 Å². The van der Waals surface area contributed by atoms with Gasteiger partial charge in [-0.25, -0.2) is 0 Å². The molecule has 0 saturated heterocycles. The van der Waals surface area contributed by atoms with Gasteiger partial charge in [0.05, 0.1) is 18.3 Å². The van der Waals surface area contributed by atoms with Crippen molar-refractivity contribution in [1.29, 1.82) is 0 Å². The number of anilines is 1. The van der Waals surface area contributed by atoms with Crippen LogP contribution in [0.25, 0.3) is 5.57 Å². The number of aryl methyl sites for hydroxylation is 1. The third-order valence-corrected chi connectivity index (χ3v) is 5.23. The van der Waals surface area contributed by atoms with Gasteiger partial charge in [-0.2, -0.15) is 0 Å². The van der Waals surface area contributed by atoms with E-state index in [-0.39, 0.29) is 17.9 Å². The highest BCUT2D eigenvalue weighted by Gasteiger charge is 2.38. The van der Waals surface area contributed by atoms with Crippen molar-refractivity contribution < 1.29 is 19.1 Å². The van der Waals surface area contributed by atoms with E-state index in [0.717, 1.165) is 17.9 Å². The molecule has 2 aromatic rings. The van der Waals surface area contributed by atoms with E-state index in [1.54, 1.807) is 0 Å². The number of carbonyl (C=O) groups excluding carboxylic acids is 2. The Morgan fingerprint density at radius 2 is 1.62 bits per heavy atom. The number of hydrogen-bond donors (Lipinski definition) is 1. The SMILES string of the molecule is CCOc1ccc(C2=C(Nc3ccc(CC)cc3)C(=O)N(CCCOC(C)C)C2=O)cc1. The number of hydrogen-bond acceptors (Lipinski definition) is 5. The van der Waals surface area contributed by atoms with E-state index in [0.29, 0.717) is 43.0 Å². The lowest BCUT2D eigenvalue weighted by molar-refractivity contribution is -0.137. The maximum atomic E-state index is 13.3. The normalized spacial score (nSPS) is 14.0. The second kappa shape index (κ2) is 11.0. The van der Waals surface area contributed by atoms with Crippen molar-refractivity contribution in [2.45, 2.75) is 46.6 Å². The van der Waals surface area contributed by atoms with Gasteiger partial charge in [0.2, 0.25) is 0 Å². The minimum atomic E-state index is -0.317. The van der Waals surface area contributed by atoms with Gasteiger partial charge in [-0.1, -0.05) is 31.2 Å². The van der Waals surface area contributed by atoms with E-state index in [1.165, 1.54) is 10.5 Å². The highest BCUT2D eigenvalue weighted by atomic mass is 16.5. The molecule has 0 spiro atoms. The first-order chi connectivity index (χ1) is 15.4. The molecule has 0 bridgehead atoms. The number of rotatable bonds is 11. The second-order valence-electron chi connectivity index (χ2n) is 7.92. The van der Waals surface area contributed by atoms with Gasteiger partial charge in [0, 0.05) is 18.8 Å². The van der Waals surface area contributed by atoms with Crippen molar-refractivity contribution in [1.82, 2.24) is 4.90 Å². The van der Waals surface area contributed by atoms with Crippen molar-refractivity contribution in [3.8, 4) is 5.75 Å². The number of nitrogens with zero attached hydrogens (tertiary/aromatic N) is 1. The lowest BCUT2D eigenvalue weighted by atomic mass is 10.0. The number of amides is 2. The molecule has 32 heavy (non-hydrogen) atoms. The lowest BCUT2D eigenvalue weighted by Crippen LogP contribution is -2.34. The Balaban J connectivity index is 1.88.